The Kier molecular flexibility index (Phi) is 6.79. The van der Waals surface area contributed by atoms with Gasteiger partial charge in [0.2, 0.25) is 5.91 Å². The van der Waals surface area contributed by atoms with E-state index in [1.165, 1.54) is 11.1 Å². The number of nitrogens with zero attached hydrogens (tertiary/aromatic N) is 2. The molecule has 0 aliphatic carbocycles. The highest BCUT2D eigenvalue weighted by Gasteiger charge is 2.30. The Labute approximate surface area is 182 Å². The normalized spacial score (nSPS) is 17.2. The number of rotatable bonds is 8. The number of aryl methyl sites for hydroxylation is 2. The number of nitrogens with one attached hydrogen (secondary N) is 1. The molecule has 2 heterocycles. The molecule has 162 valence electrons. The first-order valence-electron chi connectivity index (χ1n) is 10.8. The molecule has 0 saturated carbocycles. The van der Waals surface area contributed by atoms with Crippen LogP contribution in [0.15, 0.2) is 59.0 Å². The van der Waals surface area contributed by atoms with Crippen LogP contribution in [-0.4, -0.2) is 61.3 Å². The summed E-state index contributed by atoms with van der Waals surface area (Å²) in [6.07, 6.45) is 2.63. The molecule has 1 unspecified atom stereocenters. The number of fused-ring (bicyclic) bond motifs is 1. The SMILES string of the molecule is CNCC(=O)N1CCN(Cc2c(CCc3ccccc3)oc3ccccc23)CC1C=O. The van der Waals surface area contributed by atoms with Gasteiger partial charge in [0.05, 0.1) is 6.54 Å². The molecule has 0 radical (unpaired) electrons. The second-order valence-electron chi connectivity index (χ2n) is 8.04. The molecule has 2 aromatic carbocycles. The van der Waals surface area contributed by atoms with Gasteiger partial charge in [-0.1, -0.05) is 48.5 Å². The molecule has 1 aliphatic heterocycles. The molecular weight excluding hydrogens is 390 g/mol. The van der Waals surface area contributed by atoms with Crippen LogP contribution in [0, 0.1) is 0 Å². The fourth-order valence-electron chi connectivity index (χ4n) is 4.34. The van der Waals surface area contributed by atoms with Gasteiger partial charge >= 0.3 is 0 Å². The summed E-state index contributed by atoms with van der Waals surface area (Å²) < 4.78 is 6.24. The molecule has 1 N–H and O–H groups in total. The molecule has 0 bridgehead atoms. The first kappa shape index (κ1) is 21.3. The van der Waals surface area contributed by atoms with E-state index in [9.17, 15) is 9.59 Å². The van der Waals surface area contributed by atoms with Gasteiger partial charge in [0, 0.05) is 43.5 Å². The van der Waals surface area contributed by atoms with E-state index < -0.39 is 6.04 Å². The van der Waals surface area contributed by atoms with Crippen LogP contribution in [0.4, 0.5) is 0 Å². The Hall–Kier alpha value is -2.96. The summed E-state index contributed by atoms with van der Waals surface area (Å²) in [7, 11) is 1.74. The van der Waals surface area contributed by atoms with Crippen LogP contribution >= 0.6 is 0 Å². The van der Waals surface area contributed by atoms with Crippen molar-refractivity contribution in [3.05, 3.63) is 71.5 Å². The van der Waals surface area contributed by atoms with Crippen molar-refractivity contribution in [1.29, 1.82) is 0 Å². The lowest BCUT2D eigenvalue weighted by atomic mass is 10.0. The molecular formula is C25H29N3O3. The number of hydrogen-bond acceptors (Lipinski definition) is 5. The minimum absolute atomic E-state index is 0.0310. The molecule has 6 nitrogen and oxygen atoms in total. The molecule has 1 fully saturated rings. The van der Waals surface area contributed by atoms with Crippen molar-refractivity contribution in [3.8, 4) is 0 Å². The molecule has 1 amide bonds. The van der Waals surface area contributed by atoms with E-state index in [0.717, 1.165) is 42.4 Å². The van der Waals surface area contributed by atoms with Gasteiger partial charge in [-0.3, -0.25) is 9.69 Å². The van der Waals surface area contributed by atoms with Crippen molar-refractivity contribution in [3.63, 3.8) is 0 Å². The molecule has 1 aromatic heterocycles. The Bertz CT molecular complexity index is 1030. The minimum atomic E-state index is -0.416. The van der Waals surface area contributed by atoms with Crippen molar-refractivity contribution in [2.24, 2.45) is 0 Å². The van der Waals surface area contributed by atoms with Gasteiger partial charge < -0.3 is 19.4 Å². The maximum absolute atomic E-state index is 12.3. The smallest absolute Gasteiger partial charge is 0.237 e. The summed E-state index contributed by atoms with van der Waals surface area (Å²) in [4.78, 5) is 28.0. The van der Waals surface area contributed by atoms with Gasteiger partial charge in [-0.25, -0.2) is 0 Å². The van der Waals surface area contributed by atoms with Crippen LogP contribution in [0.3, 0.4) is 0 Å². The summed E-state index contributed by atoms with van der Waals surface area (Å²) in [5.74, 6) is 0.970. The highest BCUT2D eigenvalue weighted by Crippen LogP contribution is 2.29. The number of hydrogen-bond donors (Lipinski definition) is 1. The zero-order valence-electron chi connectivity index (χ0n) is 17.9. The molecule has 6 heteroatoms. The van der Waals surface area contributed by atoms with Crippen molar-refractivity contribution >= 4 is 23.2 Å². The molecule has 31 heavy (non-hydrogen) atoms. The van der Waals surface area contributed by atoms with Gasteiger partial charge in [0.1, 0.15) is 23.7 Å². The monoisotopic (exact) mass is 419 g/mol. The van der Waals surface area contributed by atoms with Crippen LogP contribution in [0.2, 0.25) is 0 Å². The lowest BCUT2D eigenvalue weighted by molar-refractivity contribution is -0.138. The third kappa shape index (κ3) is 4.86. The molecule has 1 atom stereocenters. The van der Waals surface area contributed by atoms with E-state index in [0.29, 0.717) is 19.6 Å². The molecule has 0 spiro atoms. The van der Waals surface area contributed by atoms with Crippen molar-refractivity contribution in [1.82, 2.24) is 15.1 Å². The van der Waals surface area contributed by atoms with E-state index in [1.54, 1.807) is 11.9 Å². The Morgan fingerprint density at radius 3 is 2.65 bits per heavy atom. The third-order valence-corrected chi connectivity index (χ3v) is 5.96. The fourth-order valence-corrected chi connectivity index (χ4v) is 4.34. The van der Waals surface area contributed by atoms with Crippen LogP contribution in [0.25, 0.3) is 11.0 Å². The van der Waals surface area contributed by atoms with Gasteiger partial charge in [-0.05, 0) is 25.1 Å². The predicted molar refractivity (Wildman–Crippen MR) is 121 cm³/mol. The fraction of sp³-hybridized carbons (Fsp3) is 0.360. The lowest BCUT2D eigenvalue weighted by Crippen LogP contribution is -2.57. The second kappa shape index (κ2) is 9.90. The van der Waals surface area contributed by atoms with Crippen molar-refractivity contribution < 1.29 is 14.0 Å². The van der Waals surface area contributed by atoms with Gasteiger partial charge in [0.15, 0.2) is 0 Å². The van der Waals surface area contributed by atoms with Gasteiger partial charge in [-0.15, -0.1) is 0 Å². The number of likely N-dealkylation sites (N-methyl/N-ethyl adjacent to an activating group) is 1. The quantitative estimate of drug-likeness (QED) is 0.569. The molecule has 1 saturated heterocycles. The molecule has 3 aromatic rings. The number of furan rings is 1. The number of para-hydroxylation sites is 1. The number of benzene rings is 2. The van der Waals surface area contributed by atoms with Crippen LogP contribution in [0.1, 0.15) is 16.9 Å². The van der Waals surface area contributed by atoms with Gasteiger partial charge in [-0.2, -0.15) is 0 Å². The topological polar surface area (TPSA) is 65.8 Å². The average Bonchev–Trinajstić information content (AvgIpc) is 3.15. The maximum atomic E-state index is 12.3. The number of carbonyl (C=O) groups is 2. The largest absolute Gasteiger partial charge is 0.461 e. The Morgan fingerprint density at radius 1 is 1.10 bits per heavy atom. The highest BCUT2D eigenvalue weighted by molar-refractivity contribution is 5.83. The number of amides is 1. The summed E-state index contributed by atoms with van der Waals surface area (Å²) in [5, 5.41) is 4.01. The standard InChI is InChI=1S/C25H29N3O3/c1-26-15-25(30)28-14-13-27(16-20(28)18-29)17-22-21-9-5-6-10-23(21)31-24(22)12-11-19-7-3-2-4-8-19/h2-10,18,20,26H,11-17H2,1H3. The first-order chi connectivity index (χ1) is 15.2. The zero-order chi connectivity index (χ0) is 21.6. The molecule has 4 rings (SSSR count). The van der Waals surface area contributed by atoms with E-state index in [4.69, 9.17) is 4.42 Å². The lowest BCUT2D eigenvalue weighted by Gasteiger charge is -2.39. The van der Waals surface area contributed by atoms with E-state index in [2.05, 4.69) is 40.5 Å². The van der Waals surface area contributed by atoms with Crippen LogP contribution in [0.5, 0.6) is 0 Å². The predicted octanol–water partition coefficient (Wildman–Crippen LogP) is 2.65. The number of piperazine rings is 1. The first-order valence-corrected chi connectivity index (χ1v) is 10.8. The molecule has 1 aliphatic rings. The van der Waals surface area contributed by atoms with Crippen molar-refractivity contribution in [2.45, 2.75) is 25.4 Å². The summed E-state index contributed by atoms with van der Waals surface area (Å²) >= 11 is 0. The second-order valence-corrected chi connectivity index (χ2v) is 8.04. The maximum Gasteiger partial charge on any atom is 0.237 e. The van der Waals surface area contributed by atoms with Crippen molar-refractivity contribution in [2.75, 3.05) is 33.2 Å². The Morgan fingerprint density at radius 2 is 1.87 bits per heavy atom. The van der Waals surface area contributed by atoms with Gasteiger partial charge in [0.25, 0.3) is 0 Å². The van der Waals surface area contributed by atoms with E-state index in [1.807, 2.05) is 24.3 Å². The third-order valence-electron chi connectivity index (χ3n) is 5.96. The highest BCUT2D eigenvalue weighted by atomic mass is 16.3. The summed E-state index contributed by atoms with van der Waals surface area (Å²) in [6.45, 7) is 2.78. The van der Waals surface area contributed by atoms with Crippen LogP contribution < -0.4 is 5.32 Å². The zero-order valence-corrected chi connectivity index (χ0v) is 17.9. The van der Waals surface area contributed by atoms with E-state index >= 15 is 0 Å². The van der Waals surface area contributed by atoms with Crippen LogP contribution in [-0.2, 0) is 29.0 Å². The average molecular weight is 420 g/mol. The van der Waals surface area contributed by atoms with E-state index in [-0.39, 0.29) is 12.5 Å². The Balaban J connectivity index is 1.52. The number of carbonyl (C=O) groups excluding carboxylic acids is 2. The summed E-state index contributed by atoms with van der Waals surface area (Å²) in [5.41, 5.74) is 3.37. The summed E-state index contributed by atoms with van der Waals surface area (Å²) in [6, 6.07) is 18.1. The minimum Gasteiger partial charge on any atom is -0.461 e. The number of aldehydes is 1.